The van der Waals surface area contributed by atoms with Crippen molar-refractivity contribution in [3.05, 3.63) is 21.8 Å². The van der Waals surface area contributed by atoms with Crippen LogP contribution in [0.2, 0.25) is 5.15 Å². The third-order valence-corrected chi connectivity index (χ3v) is 6.79. The van der Waals surface area contributed by atoms with Crippen LogP contribution in [-0.2, 0) is 4.79 Å². The number of halogens is 2. The average Bonchev–Trinajstić information content (AvgIpc) is 2.85. The Morgan fingerprint density at radius 3 is 2.83 bits per heavy atom. The molecule has 0 aliphatic heterocycles. The van der Waals surface area contributed by atoms with Crippen LogP contribution in [0.15, 0.2) is 10.8 Å². The molecule has 2 aromatic rings. The van der Waals surface area contributed by atoms with Crippen molar-refractivity contribution in [1.82, 2.24) is 14.4 Å². The predicted molar refractivity (Wildman–Crippen MR) is 89.4 cm³/mol. The summed E-state index contributed by atoms with van der Waals surface area (Å²) in [6.07, 6.45) is 2.94. The van der Waals surface area contributed by atoms with Gasteiger partial charge in [0.05, 0.1) is 11.6 Å². The molecule has 2 aromatic heterocycles. The van der Waals surface area contributed by atoms with E-state index in [4.69, 9.17) is 17.3 Å². The van der Waals surface area contributed by atoms with E-state index in [-0.39, 0.29) is 17.3 Å². The van der Waals surface area contributed by atoms with E-state index in [2.05, 4.69) is 25.9 Å². The lowest BCUT2D eigenvalue weighted by atomic mass is 9.88. The molecule has 4 rings (SSSR count). The third-order valence-electron chi connectivity index (χ3n) is 5.97. The first kappa shape index (κ1) is 15.2. The fourth-order valence-electron chi connectivity index (χ4n) is 4.90. The zero-order valence-corrected chi connectivity index (χ0v) is 15.0. The van der Waals surface area contributed by atoms with Gasteiger partial charge in [0.25, 0.3) is 0 Å². The van der Waals surface area contributed by atoms with E-state index in [9.17, 15) is 9.90 Å². The molecule has 0 bridgehead atoms. The summed E-state index contributed by atoms with van der Waals surface area (Å²) in [4.78, 5) is 20.5. The lowest BCUT2D eigenvalue weighted by Crippen LogP contribution is -2.19. The number of hydrogen-bond acceptors (Lipinski definition) is 4. The van der Waals surface area contributed by atoms with Crippen LogP contribution < -0.4 is 5.73 Å². The maximum atomic E-state index is 11.9. The number of nitrogens with zero attached hydrogens (tertiary/aromatic N) is 3. The molecule has 122 valence electrons. The Bertz CT molecular complexity index is 865. The Labute approximate surface area is 146 Å². The number of carbonyl (C=O) groups is 1. The van der Waals surface area contributed by atoms with Crippen molar-refractivity contribution in [3.63, 3.8) is 0 Å². The van der Waals surface area contributed by atoms with E-state index in [0.717, 1.165) is 12.2 Å². The molecule has 2 heterocycles. The Morgan fingerprint density at radius 1 is 1.57 bits per heavy atom. The number of hydrogen-bond donors (Lipinski definition) is 2. The first-order valence-corrected chi connectivity index (χ1v) is 8.62. The van der Waals surface area contributed by atoms with Gasteiger partial charge >= 0.3 is 5.97 Å². The second kappa shape index (κ2) is 4.39. The largest absolute Gasteiger partial charge is 0.481 e. The number of aliphatic carboxylic acids is 1. The number of anilines is 1. The predicted octanol–water partition coefficient (Wildman–Crippen LogP) is 3.33. The molecule has 0 spiro atoms. The van der Waals surface area contributed by atoms with Crippen molar-refractivity contribution in [1.29, 1.82) is 0 Å². The summed E-state index contributed by atoms with van der Waals surface area (Å²) < 4.78 is 2.39. The fraction of sp³-hybridized carbons (Fsp3) is 0.533. The Kier molecular flexibility index (Phi) is 2.90. The molecular formula is C15H16BrClN4O2. The topological polar surface area (TPSA) is 93.5 Å². The quantitative estimate of drug-likeness (QED) is 0.808. The fourth-order valence-corrected chi connectivity index (χ4v) is 5.68. The highest BCUT2D eigenvalue weighted by molar-refractivity contribution is 9.10. The highest BCUT2D eigenvalue weighted by Gasteiger charge is 2.80. The molecule has 2 aliphatic rings. The van der Waals surface area contributed by atoms with Gasteiger partial charge in [0.1, 0.15) is 21.1 Å². The molecule has 8 heteroatoms. The van der Waals surface area contributed by atoms with Gasteiger partial charge in [-0.15, -0.1) is 0 Å². The minimum atomic E-state index is -0.706. The molecule has 3 N–H and O–H groups in total. The monoisotopic (exact) mass is 398 g/mol. The van der Waals surface area contributed by atoms with E-state index >= 15 is 0 Å². The zero-order chi connectivity index (χ0) is 16.7. The number of carboxylic acids is 1. The van der Waals surface area contributed by atoms with Crippen molar-refractivity contribution < 1.29 is 9.90 Å². The Morgan fingerprint density at radius 2 is 2.26 bits per heavy atom. The van der Waals surface area contributed by atoms with Crippen LogP contribution in [0.25, 0.3) is 5.52 Å². The van der Waals surface area contributed by atoms with Crippen molar-refractivity contribution >= 4 is 44.8 Å². The standard InChI is InChI=1S/C15H16BrClN4O2/c1-14(2)9-6(3-4-15(9,14)13(22)23)12-20-10(16)8-11(18)19-5-7(17)21(8)12/h5-6,9H,3-4H2,1-2H3,(H2,18,19)(H,22,23)/t6-,9?,15+/m1/s1. The van der Waals surface area contributed by atoms with Gasteiger partial charge in [-0.25, -0.2) is 9.97 Å². The van der Waals surface area contributed by atoms with Crippen LogP contribution in [0.4, 0.5) is 5.82 Å². The summed E-state index contributed by atoms with van der Waals surface area (Å²) in [6, 6.07) is 0. The summed E-state index contributed by atoms with van der Waals surface area (Å²) in [7, 11) is 0. The summed E-state index contributed by atoms with van der Waals surface area (Å²) >= 11 is 9.75. The number of nitrogen functional groups attached to an aromatic ring is 1. The first-order valence-electron chi connectivity index (χ1n) is 7.44. The van der Waals surface area contributed by atoms with Gasteiger partial charge in [-0.1, -0.05) is 25.4 Å². The van der Waals surface area contributed by atoms with E-state index in [1.54, 1.807) is 4.40 Å². The molecule has 1 unspecified atom stereocenters. The van der Waals surface area contributed by atoms with Gasteiger partial charge in [0.15, 0.2) is 5.82 Å². The van der Waals surface area contributed by atoms with E-state index < -0.39 is 11.4 Å². The summed E-state index contributed by atoms with van der Waals surface area (Å²) in [5.41, 5.74) is 5.70. The first-order chi connectivity index (χ1) is 10.7. The maximum absolute atomic E-state index is 11.9. The number of imidazole rings is 1. The van der Waals surface area contributed by atoms with Gasteiger partial charge in [0, 0.05) is 5.92 Å². The Balaban J connectivity index is 1.90. The second-order valence-corrected chi connectivity index (χ2v) is 8.17. The lowest BCUT2D eigenvalue weighted by molar-refractivity contribution is -0.145. The van der Waals surface area contributed by atoms with Gasteiger partial charge in [-0.2, -0.15) is 0 Å². The van der Waals surface area contributed by atoms with Crippen LogP contribution >= 0.6 is 27.5 Å². The smallest absolute Gasteiger partial charge is 0.310 e. The average molecular weight is 400 g/mol. The van der Waals surface area contributed by atoms with Gasteiger partial charge in [0.2, 0.25) is 0 Å². The molecule has 23 heavy (non-hydrogen) atoms. The van der Waals surface area contributed by atoms with Crippen molar-refractivity contribution in [2.75, 3.05) is 5.73 Å². The number of fused-ring (bicyclic) bond motifs is 2. The van der Waals surface area contributed by atoms with Crippen molar-refractivity contribution in [2.45, 2.75) is 32.6 Å². The summed E-state index contributed by atoms with van der Waals surface area (Å²) in [5.74, 6) is 0.499. The van der Waals surface area contributed by atoms with Gasteiger partial charge < -0.3 is 10.8 Å². The zero-order valence-electron chi connectivity index (χ0n) is 12.7. The molecule has 0 amide bonds. The van der Waals surface area contributed by atoms with E-state index in [1.807, 2.05) is 13.8 Å². The van der Waals surface area contributed by atoms with Crippen LogP contribution in [0.5, 0.6) is 0 Å². The molecule has 6 nitrogen and oxygen atoms in total. The number of rotatable bonds is 2. The molecule has 0 radical (unpaired) electrons. The molecule has 2 aliphatic carbocycles. The molecular weight excluding hydrogens is 384 g/mol. The second-order valence-electron chi connectivity index (χ2n) is 7.03. The molecule has 3 atom stereocenters. The highest BCUT2D eigenvalue weighted by Crippen LogP contribution is 2.80. The minimum absolute atomic E-state index is 0.0409. The van der Waals surface area contributed by atoms with Crippen LogP contribution in [0, 0.1) is 16.7 Å². The highest BCUT2D eigenvalue weighted by atomic mass is 79.9. The summed E-state index contributed by atoms with van der Waals surface area (Å²) in [6.45, 7) is 4.06. The Hall–Kier alpha value is -1.34. The maximum Gasteiger partial charge on any atom is 0.310 e. The molecule has 2 fully saturated rings. The number of carboxylic acid groups (broad SMARTS) is 1. The molecule has 0 aromatic carbocycles. The van der Waals surface area contributed by atoms with Crippen LogP contribution in [-0.4, -0.2) is 25.4 Å². The van der Waals surface area contributed by atoms with Gasteiger partial charge in [-0.3, -0.25) is 9.20 Å². The SMILES string of the molecule is CC1(C)C2[C@H](c3nc(Br)c4c(N)ncc(Cl)n34)CC[C@@]21C(=O)O. The van der Waals surface area contributed by atoms with Crippen molar-refractivity contribution in [3.8, 4) is 0 Å². The van der Waals surface area contributed by atoms with Crippen LogP contribution in [0.3, 0.4) is 0 Å². The lowest BCUT2D eigenvalue weighted by Gasteiger charge is -2.18. The normalized spacial score (nSPS) is 31.3. The van der Waals surface area contributed by atoms with E-state index in [1.165, 1.54) is 6.20 Å². The van der Waals surface area contributed by atoms with E-state index in [0.29, 0.717) is 27.5 Å². The van der Waals surface area contributed by atoms with Crippen LogP contribution in [0.1, 0.15) is 38.4 Å². The van der Waals surface area contributed by atoms with Crippen molar-refractivity contribution in [2.24, 2.45) is 16.7 Å². The number of nitrogens with two attached hydrogens (primary N) is 1. The molecule has 0 saturated heterocycles. The summed E-state index contributed by atoms with van der Waals surface area (Å²) in [5, 5.41) is 10.2. The minimum Gasteiger partial charge on any atom is -0.481 e. The van der Waals surface area contributed by atoms with Gasteiger partial charge in [-0.05, 0) is 40.1 Å². The third kappa shape index (κ3) is 1.62. The molecule has 2 saturated carbocycles. The number of aromatic nitrogens is 3.